The van der Waals surface area contributed by atoms with Gasteiger partial charge in [-0.3, -0.25) is 14.7 Å². The minimum atomic E-state index is -4.60. The van der Waals surface area contributed by atoms with E-state index in [4.69, 9.17) is 14.0 Å². The smallest absolute Gasteiger partial charge is 1.00 e. The van der Waals surface area contributed by atoms with Gasteiger partial charge in [-0.25, -0.2) is 0 Å². The van der Waals surface area contributed by atoms with E-state index >= 15 is 0 Å². The van der Waals surface area contributed by atoms with Crippen LogP contribution >= 0.6 is 0 Å². The molecule has 0 bridgehead atoms. The first-order chi connectivity index (χ1) is 8.36. The normalized spacial score (nSPS) is 10.6. The van der Waals surface area contributed by atoms with Crippen LogP contribution < -0.4 is 34.3 Å². The zero-order chi connectivity index (χ0) is 13.8. The molecule has 102 valence electrons. The molecule has 0 aromatic heterocycles. The molecule has 1 N–H and O–H groups in total. The van der Waals surface area contributed by atoms with Gasteiger partial charge in [0.05, 0.1) is 11.5 Å². The van der Waals surface area contributed by atoms with Gasteiger partial charge in [0.2, 0.25) is 0 Å². The molecule has 0 fully saturated rings. The number of hydrogen-bond donors (Lipinski definition) is 1. The van der Waals surface area contributed by atoms with E-state index in [1.807, 2.05) is 0 Å². The Morgan fingerprint density at radius 3 is 2.53 bits per heavy atom. The number of methoxy groups -OCH3 is 1. The van der Waals surface area contributed by atoms with Gasteiger partial charge in [-0.05, 0) is 6.07 Å². The minimum Gasteiger partial charge on any atom is -1.00 e. The van der Waals surface area contributed by atoms with Crippen molar-refractivity contribution in [3.8, 4) is 5.75 Å². The van der Waals surface area contributed by atoms with Gasteiger partial charge in [0.15, 0.2) is 0 Å². The molecule has 0 amide bonds. The Labute approximate surface area is 133 Å². The Hall–Kier alpha value is -0.710. The fourth-order valence-electron chi connectivity index (χ4n) is 1.17. The Morgan fingerprint density at radius 2 is 2.05 bits per heavy atom. The summed E-state index contributed by atoms with van der Waals surface area (Å²) < 4.78 is 40.9. The molecule has 0 aliphatic carbocycles. The number of nitrogens with zero attached hydrogens (tertiary/aromatic N) is 1. The molecule has 0 radical (unpaired) electrons. The second-order valence-electron chi connectivity index (χ2n) is 3.20. The van der Waals surface area contributed by atoms with Crippen LogP contribution in [0.25, 0.3) is 0 Å². The molecular weight excluding hydrogens is 289 g/mol. The zero-order valence-electron chi connectivity index (χ0n) is 11.4. The quantitative estimate of drug-likeness (QED) is 0.212. The second-order valence-corrected chi connectivity index (χ2v) is 4.59. The van der Waals surface area contributed by atoms with Gasteiger partial charge >= 0.3 is 29.6 Å². The number of ether oxygens (including phenoxy) is 2. The summed E-state index contributed by atoms with van der Waals surface area (Å²) >= 11 is 0. The molecule has 0 aliphatic heterocycles. The van der Waals surface area contributed by atoms with Crippen molar-refractivity contribution in [1.82, 2.24) is 0 Å². The van der Waals surface area contributed by atoms with Crippen molar-refractivity contribution in [3.05, 3.63) is 28.3 Å². The van der Waals surface area contributed by atoms with Crippen LogP contribution in [-0.4, -0.2) is 38.2 Å². The Kier molecular flexibility index (Phi) is 7.49. The fraction of sp³-hybridized carbons (Fsp3) is 0.333. The average Bonchev–Trinajstić information content (AvgIpc) is 2.28. The molecule has 0 aliphatic rings. The summed E-state index contributed by atoms with van der Waals surface area (Å²) in [6.45, 7) is 0.263. The average molecular weight is 301 g/mol. The summed E-state index contributed by atoms with van der Waals surface area (Å²) in [7, 11) is -3.16. The van der Waals surface area contributed by atoms with E-state index in [1.165, 1.54) is 7.11 Å². The third kappa shape index (κ3) is 5.43. The molecule has 1 aromatic carbocycles. The van der Waals surface area contributed by atoms with Crippen LogP contribution in [0.2, 0.25) is 0 Å². The molecule has 0 heterocycles. The summed E-state index contributed by atoms with van der Waals surface area (Å²) in [4.78, 5) is 9.10. The molecule has 0 saturated carbocycles. The number of nitro benzene ring substituents is 1. The molecule has 19 heavy (non-hydrogen) atoms. The van der Waals surface area contributed by atoms with Gasteiger partial charge in [0.25, 0.3) is 15.8 Å². The van der Waals surface area contributed by atoms with Gasteiger partial charge in [-0.15, -0.1) is 0 Å². The first-order valence-electron chi connectivity index (χ1n) is 4.74. The van der Waals surface area contributed by atoms with E-state index < -0.39 is 25.6 Å². The van der Waals surface area contributed by atoms with E-state index in [-0.39, 0.29) is 49.9 Å². The first-order valence-corrected chi connectivity index (χ1v) is 6.18. The monoisotopic (exact) mass is 301 g/mol. The minimum absolute atomic E-state index is 0. The van der Waals surface area contributed by atoms with Crippen LogP contribution in [-0.2, 0) is 14.9 Å². The van der Waals surface area contributed by atoms with Crippen molar-refractivity contribution in [2.75, 3.05) is 20.3 Å². The Bertz CT molecular complexity index is 551. The number of non-ortho nitro benzene ring substituents is 1. The maximum Gasteiger partial charge on any atom is 1.00 e. The maximum atomic E-state index is 11.1. The predicted molar refractivity (Wildman–Crippen MR) is 61.4 cm³/mol. The van der Waals surface area contributed by atoms with E-state index in [2.05, 4.69) is 0 Å². The molecule has 1 rings (SSSR count). The van der Waals surface area contributed by atoms with Crippen LogP contribution in [0.3, 0.4) is 0 Å². The number of benzene rings is 1. The predicted octanol–water partition coefficient (Wildman–Crippen LogP) is -2.02. The Morgan fingerprint density at radius 1 is 1.42 bits per heavy atom. The van der Waals surface area contributed by atoms with Crippen molar-refractivity contribution in [2.24, 2.45) is 0 Å². The van der Waals surface area contributed by atoms with Crippen LogP contribution in [0.15, 0.2) is 23.1 Å². The first kappa shape index (κ1) is 18.3. The molecule has 0 spiro atoms. The van der Waals surface area contributed by atoms with Crippen LogP contribution in [0.1, 0.15) is 1.43 Å². The van der Waals surface area contributed by atoms with Gasteiger partial charge in [-0.1, -0.05) is 0 Å². The third-order valence-corrected chi connectivity index (χ3v) is 2.84. The molecule has 0 atom stereocenters. The van der Waals surface area contributed by atoms with Gasteiger partial charge in [0, 0.05) is 19.2 Å². The van der Waals surface area contributed by atoms with Crippen LogP contribution in [0.5, 0.6) is 5.75 Å². The zero-order valence-corrected chi connectivity index (χ0v) is 13.2. The van der Waals surface area contributed by atoms with E-state index in [0.29, 0.717) is 0 Å². The van der Waals surface area contributed by atoms with Crippen molar-refractivity contribution >= 4 is 15.8 Å². The maximum absolute atomic E-state index is 11.1. The van der Waals surface area contributed by atoms with Crippen molar-refractivity contribution in [3.63, 3.8) is 0 Å². The summed E-state index contributed by atoms with van der Waals surface area (Å²) in [5, 5.41) is 10.5. The molecule has 10 heteroatoms. The largest absolute Gasteiger partial charge is 1.00 e. The fourth-order valence-corrected chi connectivity index (χ4v) is 1.82. The van der Waals surface area contributed by atoms with E-state index in [9.17, 15) is 18.5 Å². The SMILES string of the molecule is COCCOc1ccc([N+](=O)[O-])cc1S(=O)(=O)O.[H-].[Na+]. The van der Waals surface area contributed by atoms with Gasteiger partial charge in [-0.2, -0.15) is 8.42 Å². The summed E-state index contributed by atoms with van der Waals surface area (Å²) in [6.07, 6.45) is 0. The van der Waals surface area contributed by atoms with Crippen LogP contribution in [0, 0.1) is 10.1 Å². The standard InChI is InChI=1S/C9H11NO7S.Na.H/c1-16-4-5-17-8-3-2-7(10(11)12)6-9(8)18(13,14)15;;/h2-3,6H,4-5H2,1H3,(H,13,14,15);;/q;+1;-1. The molecule has 8 nitrogen and oxygen atoms in total. The topological polar surface area (TPSA) is 116 Å². The molecule has 1 aromatic rings. The molecule has 0 unspecified atom stereocenters. The van der Waals surface area contributed by atoms with Gasteiger partial charge in [0.1, 0.15) is 17.3 Å². The van der Waals surface area contributed by atoms with Gasteiger partial charge < -0.3 is 10.9 Å². The van der Waals surface area contributed by atoms with Crippen LogP contribution in [0.4, 0.5) is 5.69 Å². The van der Waals surface area contributed by atoms with Crippen molar-refractivity contribution in [2.45, 2.75) is 4.90 Å². The third-order valence-electron chi connectivity index (χ3n) is 1.96. The molecular formula is C9H12NNaO7S. The number of rotatable bonds is 6. The number of nitro groups is 1. The summed E-state index contributed by atoms with van der Waals surface area (Å²) in [5.74, 6) is -0.167. The van der Waals surface area contributed by atoms with E-state index in [0.717, 1.165) is 18.2 Å². The molecule has 0 saturated heterocycles. The number of hydrogen-bond acceptors (Lipinski definition) is 6. The van der Waals surface area contributed by atoms with E-state index in [1.54, 1.807) is 0 Å². The summed E-state index contributed by atoms with van der Waals surface area (Å²) in [6, 6.07) is 2.92. The second kappa shape index (κ2) is 7.78. The van der Waals surface area contributed by atoms with Crippen molar-refractivity contribution in [1.29, 1.82) is 0 Å². The summed E-state index contributed by atoms with van der Waals surface area (Å²) in [5.41, 5.74) is -0.457. The van der Waals surface area contributed by atoms with Crippen molar-refractivity contribution < 1.29 is 58.4 Å². The Balaban J connectivity index is 0.